The number of anilines is 1. The van der Waals surface area contributed by atoms with Crippen LogP contribution in [0.25, 0.3) is 0 Å². The largest absolute Gasteiger partial charge is 0.478 e. The normalized spacial score (nSPS) is 19.5. The second-order valence-electron chi connectivity index (χ2n) is 4.80. The average Bonchev–Trinajstić information content (AvgIpc) is 2.39. The zero-order valence-electron chi connectivity index (χ0n) is 10.5. The van der Waals surface area contributed by atoms with Crippen LogP contribution >= 0.6 is 15.9 Å². The van der Waals surface area contributed by atoms with E-state index in [1.54, 1.807) is 12.3 Å². The van der Waals surface area contributed by atoms with Gasteiger partial charge in [0, 0.05) is 30.4 Å². The van der Waals surface area contributed by atoms with Gasteiger partial charge in [-0.1, -0.05) is 0 Å². The predicted octanol–water partition coefficient (Wildman–Crippen LogP) is 2.14. The van der Waals surface area contributed by atoms with E-state index in [-0.39, 0.29) is 12.2 Å². The minimum Gasteiger partial charge on any atom is -0.478 e. The van der Waals surface area contributed by atoms with Crippen LogP contribution in [-0.2, 0) is 0 Å². The maximum atomic E-state index is 11.3. The van der Waals surface area contributed by atoms with Crippen molar-refractivity contribution in [3.63, 3.8) is 0 Å². The lowest BCUT2D eigenvalue weighted by Crippen LogP contribution is -2.37. The maximum Gasteiger partial charge on any atom is 0.339 e. The molecule has 0 saturated carbocycles. The Labute approximate surface area is 120 Å². The van der Waals surface area contributed by atoms with Crippen LogP contribution in [0, 0.1) is 5.92 Å². The molecule has 104 valence electrons. The SMILES string of the molecule is O=C(O)c1cc(Br)cnc1N1CCCC(CCO)C1. The van der Waals surface area contributed by atoms with Crippen LogP contribution in [0.5, 0.6) is 0 Å². The van der Waals surface area contributed by atoms with Gasteiger partial charge in [-0.15, -0.1) is 0 Å². The van der Waals surface area contributed by atoms with Crippen LogP contribution < -0.4 is 4.90 Å². The molecule has 19 heavy (non-hydrogen) atoms. The smallest absolute Gasteiger partial charge is 0.339 e. The molecule has 1 aliphatic rings. The van der Waals surface area contributed by atoms with E-state index in [4.69, 9.17) is 5.11 Å². The molecular formula is C13H17BrN2O3. The van der Waals surface area contributed by atoms with Gasteiger partial charge in [0.05, 0.1) is 0 Å². The molecule has 0 radical (unpaired) electrons. The summed E-state index contributed by atoms with van der Waals surface area (Å²) in [5.74, 6) is -0.0303. The van der Waals surface area contributed by atoms with Crippen molar-refractivity contribution in [2.45, 2.75) is 19.3 Å². The van der Waals surface area contributed by atoms with Crippen LogP contribution in [0.15, 0.2) is 16.7 Å². The average molecular weight is 329 g/mol. The Hall–Kier alpha value is -1.14. The summed E-state index contributed by atoms with van der Waals surface area (Å²) in [6.07, 6.45) is 4.46. The maximum absolute atomic E-state index is 11.3. The molecule has 1 aromatic rings. The molecule has 0 aliphatic carbocycles. The summed E-state index contributed by atoms with van der Waals surface area (Å²) in [5.41, 5.74) is 0.221. The highest BCUT2D eigenvalue weighted by Crippen LogP contribution is 2.27. The summed E-state index contributed by atoms with van der Waals surface area (Å²) in [5, 5.41) is 18.3. The lowest BCUT2D eigenvalue weighted by atomic mass is 9.95. The molecule has 2 heterocycles. The molecule has 1 aliphatic heterocycles. The molecule has 0 bridgehead atoms. The Morgan fingerprint density at radius 2 is 2.37 bits per heavy atom. The molecule has 0 amide bonds. The number of carbonyl (C=O) groups is 1. The standard InChI is InChI=1S/C13H17BrN2O3/c14-10-6-11(13(18)19)12(15-7-10)16-4-1-2-9(8-16)3-5-17/h6-7,9,17H,1-5,8H2,(H,18,19). The summed E-state index contributed by atoms with van der Waals surface area (Å²) in [7, 11) is 0. The molecule has 1 saturated heterocycles. The first kappa shape index (κ1) is 14.3. The molecule has 1 fully saturated rings. The van der Waals surface area contributed by atoms with Crippen molar-refractivity contribution in [3.8, 4) is 0 Å². The van der Waals surface area contributed by atoms with E-state index in [0.717, 1.165) is 32.4 Å². The van der Waals surface area contributed by atoms with Gasteiger partial charge in [0.2, 0.25) is 0 Å². The lowest BCUT2D eigenvalue weighted by Gasteiger charge is -2.34. The molecule has 1 unspecified atom stereocenters. The van der Waals surface area contributed by atoms with Gasteiger partial charge in [-0.25, -0.2) is 9.78 Å². The van der Waals surface area contributed by atoms with E-state index < -0.39 is 5.97 Å². The zero-order chi connectivity index (χ0) is 13.8. The van der Waals surface area contributed by atoms with Crippen LogP contribution in [0.2, 0.25) is 0 Å². The number of aliphatic hydroxyl groups excluding tert-OH is 1. The molecule has 2 N–H and O–H groups in total. The number of carboxylic acids is 1. The number of aromatic carboxylic acids is 1. The third kappa shape index (κ3) is 3.45. The monoisotopic (exact) mass is 328 g/mol. The molecule has 0 aromatic carbocycles. The predicted molar refractivity (Wildman–Crippen MR) is 75.5 cm³/mol. The number of aromatic nitrogens is 1. The van der Waals surface area contributed by atoms with Gasteiger partial charge < -0.3 is 15.1 Å². The quantitative estimate of drug-likeness (QED) is 0.885. The number of rotatable bonds is 4. The van der Waals surface area contributed by atoms with Gasteiger partial charge in [-0.05, 0) is 47.2 Å². The van der Waals surface area contributed by atoms with Gasteiger partial charge in [0.15, 0.2) is 0 Å². The summed E-state index contributed by atoms with van der Waals surface area (Å²) >= 11 is 3.25. The van der Waals surface area contributed by atoms with Crippen LogP contribution in [-0.4, -0.2) is 40.9 Å². The van der Waals surface area contributed by atoms with Crippen LogP contribution in [0.3, 0.4) is 0 Å². The summed E-state index contributed by atoms with van der Waals surface area (Å²) in [4.78, 5) is 17.6. The van der Waals surface area contributed by atoms with E-state index in [0.29, 0.717) is 16.2 Å². The highest BCUT2D eigenvalue weighted by molar-refractivity contribution is 9.10. The molecule has 1 atom stereocenters. The third-order valence-corrected chi connectivity index (χ3v) is 3.85. The number of pyridine rings is 1. The Balaban J connectivity index is 2.23. The number of carboxylic acid groups (broad SMARTS) is 1. The van der Waals surface area contributed by atoms with E-state index in [9.17, 15) is 9.90 Å². The van der Waals surface area contributed by atoms with Gasteiger partial charge in [0.25, 0.3) is 0 Å². The minimum absolute atomic E-state index is 0.179. The van der Waals surface area contributed by atoms with Crippen molar-refractivity contribution in [1.29, 1.82) is 0 Å². The highest BCUT2D eigenvalue weighted by atomic mass is 79.9. The van der Waals surface area contributed by atoms with Crippen molar-refractivity contribution in [1.82, 2.24) is 4.98 Å². The number of hydrogen-bond donors (Lipinski definition) is 2. The van der Waals surface area contributed by atoms with Gasteiger partial charge in [-0.3, -0.25) is 0 Å². The van der Waals surface area contributed by atoms with Gasteiger partial charge in [-0.2, -0.15) is 0 Å². The Morgan fingerprint density at radius 3 is 3.05 bits per heavy atom. The Kier molecular flexibility index (Phi) is 4.76. The van der Waals surface area contributed by atoms with Gasteiger partial charge >= 0.3 is 5.97 Å². The van der Waals surface area contributed by atoms with Crippen LogP contribution in [0.1, 0.15) is 29.6 Å². The Bertz CT molecular complexity index is 465. The molecule has 1 aromatic heterocycles. The van der Waals surface area contributed by atoms with E-state index >= 15 is 0 Å². The van der Waals surface area contributed by atoms with Crippen molar-refractivity contribution >= 4 is 27.7 Å². The first-order chi connectivity index (χ1) is 9.11. The number of aliphatic hydroxyl groups is 1. The first-order valence-electron chi connectivity index (χ1n) is 6.36. The summed E-state index contributed by atoms with van der Waals surface area (Å²) < 4.78 is 0.664. The fraction of sp³-hybridized carbons (Fsp3) is 0.538. The molecular weight excluding hydrogens is 312 g/mol. The Morgan fingerprint density at radius 1 is 1.58 bits per heavy atom. The second kappa shape index (κ2) is 6.34. The van der Waals surface area contributed by atoms with Gasteiger partial charge in [0.1, 0.15) is 11.4 Å². The lowest BCUT2D eigenvalue weighted by molar-refractivity contribution is 0.0697. The molecule has 2 rings (SSSR count). The minimum atomic E-state index is -0.965. The highest BCUT2D eigenvalue weighted by Gasteiger charge is 2.24. The number of nitrogens with zero attached hydrogens (tertiary/aromatic N) is 2. The summed E-state index contributed by atoms with van der Waals surface area (Å²) in [6, 6.07) is 1.58. The fourth-order valence-corrected chi connectivity index (χ4v) is 2.85. The topological polar surface area (TPSA) is 73.7 Å². The number of hydrogen-bond acceptors (Lipinski definition) is 4. The number of halogens is 1. The number of piperidine rings is 1. The van der Waals surface area contributed by atoms with E-state index in [1.165, 1.54) is 0 Å². The zero-order valence-corrected chi connectivity index (χ0v) is 12.1. The van der Waals surface area contributed by atoms with Crippen molar-refractivity contribution in [2.75, 3.05) is 24.6 Å². The third-order valence-electron chi connectivity index (χ3n) is 3.42. The molecule has 5 nitrogen and oxygen atoms in total. The summed E-state index contributed by atoms with van der Waals surface area (Å²) in [6.45, 7) is 1.75. The molecule has 0 spiro atoms. The van der Waals surface area contributed by atoms with E-state index in [1.807, 2.05) is 4.90 Å². The second-order valence-corrected chi connectivity index (χ2v) is 5.71. The molecule has 6 heteroatoms. The van der Waals surface area contributed by atoms with Crippen LogP contribution in [0.4, 0.5) is 5.82 Å². The van der Waals surface area contributed by atoms with Crippen molar-refractivity contribution < 1.29 is 15.0 Å². The first-order valence-corrected chi connectivity index (χ1v) is 7.15. The van der Waals surface area contributed by atoms with E-state index in [2.05, 4.69) is 20.9 Å². The van der Waals surface area contributed by atoms with Crippen molar-refractivity contribution in [3.05, 3.63) is 22.3 Å². The van der Waals surface area contributed by atoms with Crippen molar-refractivity contribution in [2.24, 2.45) is 5.92 Å². The fourth-order valence-electron chi connectivity index (χ4n) is 2.52.